The molecule has 0 aliphatic carbocycles. The van der Waals surface area contributed by atoms with Gasteiger partial charge in [0.05, 0.1) is 5.75 Å². The molecule has 0 aliphatic heterocycles. The van der Waals surface area contributed by atoms with Crippen LogP contribution in [-0.4, -0.2) is 29.1 Å². The molecule has 0 unspecified atom stereocenters. The van der Waals surface area contributed by atoms with E-state index >= 15 is 0 Å². The van der Waals surface area contributed by atoms with Crippen LogP contribution in [0, 0.1) is 5.82 Å². The molecule has 0 atom stereocenters. The number of hydrogen-bond acceptors (Lipinski definition) is 3. The van der Waals surface area contributed by atoms with Gasteiger partial charge in [0.1, 0.15) is 5.82 Å². The monoisotopic (exact) mass is 336 g/mol. The van der Waals surface area contributed by atoms with Gasteiger partial charge in [-0.3, -0.25) is 0 Å². The van der Waals surface area contributed by atoms with Crippen LogP contribution in [0.4, 0.5) is 10.1 Å². The summed E-state index contributed by atoms with van der Waals surface area (Å²) >= 11 is 0. The first-order chi connectivity index (χ1) is 10.9. The average Bonchev–Trinajstić information content (AvgIpc) is 2.50. The van der Waals surface area contributed by atoms with Crippen LogP contribution in [0.1, 0.15) is 11.1 Å². The molecule has 0 radical (unpaired) electrons. The zero-order valence-corrected chi connectivity index (χ0v) is 14.1. The molecule has 0 aliphatic rings. The second kappa shape index (κ2) is 7.57. The van der Waals surface area contributed by atoms with E-state index in [1.54, 1.807) is 0 Å². The summed E-state index contributed by atoms with van der Waals surface area (Å²) in [5.74, 6) is -0.521. The molecule has 0 heterocycles. The topological polar surface area (TPSA) is 49.4 Å². The number of anilines is 1. The van der Waals surface area contributed by atoms with Gasteiger partial charge in [-0.1, -0.05) is 24.3 Å². The van der Waals surface area contributed by atoms with Crippen LogP contribution >= 0.6 is 0 Å². The highest BCUT2D eigenvalue weighted by Gasteiger charge is 2.11. The molecule has 0 saturated heterocycles. The third-order valence-corrected chi connectivity index (χ3v) is 4.82. The van der Waals surface area contributed by atoms with Crippen molar-refractivity contribution in [1.29, 1.82) is 0 Å². The van der Waals surface area contributed by atoms with Crippen LogP contribution in [0.3, 0.4) is 0 Å². The van der Waals surface area contributed by atoms with E-state index in [4.69, 9.17) is 0 Å². The highest BCUT2D eigenvalue weighted by molar-refractivity contribution is 7.88. The van der Waals surface area contributed by atoms with Gasteiger partial charge in [0, 0.05) is 26.3 Å². The summed E-state index contributed by atoms with van der Waals surface area (Å²) in [5, 5.41) is 0. The number of halogens is 1. The van der Waals surface area contributed by atoms with Crippen LogP contribution in [0.2, 0.25) is 0 Å². The predicted molar refractivity (Wildman–Crippen MR) is 91.5 cm³/mol. The number of nitrogens with zero attached hydrogens (tertiary/aromatic N) is 1. The maximum atomic E-state index is 12.8. The molecular formula is C17H21FN2O2S. The largest absolute Gasteiger partial charge is 0.378 e. The molecule has 2 aromatic carbocycles. The van der Waals surface area contributed by atoms with Gasteiger partial charge in [-0.05, 0) is 41.8 Å². The van der Waals surface area contributed by atoms with Gasteiger partial charge in [-0.15, -0.1) is 0 Å². The summed E-state index contributed by atoms with van der Waals surface area (Å²) in [4.78, 5) is 2.01. The standard InChI is InChI=1S/C17H21FN2O2S/c1-20(2)17-9-5-14(6-10-17)11-12-19-23(21,22)13-15-3-7-16(18)8-4-15/h3-10,19H,11-13H2,1-2H3. The smallest absolute Gasteiger partial charge is 0.215 e. The minimum absolute atomic E-state index is 0.146. The molecule has 4 nitrogen and oxygen atoms in total. The Balaban J connectivity index is 1.85. The van der Waals surface area contributed by atoms with Crippen molar-refractivity contribution in [2.75, 3.05) is 25.5 Å². The molecule has 0 bridgehead atoms. The average molecular weight is 336 g/mol. The van der Waals surface area contributed by atoms with Crippen molar-refractivity contribution >= 4 is 15.7 Å². The first kappa shape index (κ1) is 17.4. The molecule has 6 heteroatoms. The molecule has 23 heavy (non-hydrogen) atoms. The summed E-state index contributed by atoms with van der Waals surface area (Å²) in [7, 11) is 0.522. The van der Waals surface area contributed by atoms with E-state index in [0.717, 1.165) is 11.3 Å². The van der Waals surface area contributed by atoms with E-state index in [1.807, 2.05) is 43.3 Å². The van der Waals surface area contributed by atoms with Crippen molar-refractivity contribution in [3.05, 3.63) is 65.5 Å². The predicted octanol–water partition coefficient (Wildman–Crippen LogP) is 2.55. The van der Waals surface area contributed by atoms with Crippen molar-refractivity contribution in [3.8, 4) is 0 Å². The van der Waals surface area contributed by atoms with Crippen molar-refractivity contribution < 1.29 is 12.8 Å². The Bertz CT molecular complexity index is 726. The van der Waals surface area contributed by atoms with E-state index in [0.29, 0.717) is 18.5 Å². The van der Waals surface area contributed by atoms with Crippen LogP contribution in [-0.2, 0) is 22.2 Å². The van der Waals surface area contributed by atoms with E-state index in [-0.39, 0.29) is 11.6 Å². The fourth-order valence-corrected chi connectivity index (χ4v) is 3.31. The number of hydrogen-bond donors (Lipinski definition) is 1. The number of sulfonamides is 1. The highest BCUT2D eigenvalue weighted by atomic mass is 32.2. The van der Waals surface area contributed by atoms with Gasteiger partial charge >= 0.3 is 0 Å². The lowest BCUT2D eigenvalue weighted by Crippen LogP contribution is -2.27. The lowest BCUT2D eigenvalue weighted by Gasteiger charge is -2.12. The van der Waals surface area contributed by atoms with Crippen molar-refractivity contribution in [1.82, 2.24) is 4.72 Å². The van der Waals surface area contributed by atoms with Crippen LogP contribution in [0.25, 0.3) is 0 Å². The zero-order chi connectivity index (χ0) is 16.9. The molecule has 2 aromatic rings. The Kier molecular flexibility index (Phi) is 5.74. The molecule has 2 rings (SSSR count). The fraction of sp³-hybridized carbons (Fsp3) is 0.294. The molecule has 0 spiro atoms. The lowest BCUT2D eigenvalue weighted by molar-refractivity contribution is 0.580. The van der Waals surface area contributed by atoms with Crippen molar-refractivity contribution in [3.63, 3.8) is 0 Å². The second-order valence-electron chi connectivity index (χ2n) is 5.59. The van der Waals surface area contributed by atoms with E-state index in [9.17, 15) is 12.8 Å². The zero-order valence-electron chi connectivity index (χ0n) is 13.3. The molecule has 0 saturated carbocycles. The Morgan fingerprint density at radius 3 is 2.09 bits per heavy atom. The summed E-state index contributed by atoms with van der Waals surface area (Å²) in [6, 6.07) is 13.5. The number of benzene rings is 2. The van der Waals surface area contributed by atoms with Gasteiger partial charge in [0.25, 0.3) is 0 Å². The Hall–Kier alpha value is -1.92. The third-order valence-electron chi connectivity index (χ3n) is 3.46. The molecule has 0 fully saturated rings. The van der Waals surface area contributed by atoms with E-state index in [2.05, 4.69) is 4.72 Å². The summed E-state index contributed by atoms with van der Waals surface area (Å²) in [6.45, 7) is 0.338. The molecule has 0 aromatic heterocycles. The van der Waals surface area contributed by atoms with Crippen LogP contribution in [0.5, 0.6) is 0 Å². The van der Waals surface area contributed by atoms with E-state index in [1.165, 1.54) is 24.3 Å². The normalized spacial score (nSPS) is 11.4. The SMILES string of the molecule is CN(C)c1ccc(CCNS(=O)(=O)Cc2ccc(F)cc2)cc1. The number of rotatable bonds is 7. The molecule has 0 amide bonds. The maximum Gasteiger partial charge on any atom is 0.215 e. The molecular weight excluding hydrogens is 315 g/mol. The number of nitrogens with one attached hydrogen (secondary N) is 1. The Morgan fingerprint density at radius 2 is 1.52 bits per heavy atom. The van der Waals surface area contributed by atoms with Gasteiger partial charge in [-0.25, -0.2) is 17.5 Å². The van der Waals surface area contributed by atoms with Gasteiger partial charge in [0.2, 0.25) is 10.0 Å². The maximum absolute atomic E-state index is 12.8. The van der Waals surface area contributed by atoms with E-state index < -0.39 is 10.0 Å². The summed E-state index contributed by atoms with van der Waals surface area (Å²) in [6.07, 6.45) is 0.621. The van der Waals surface area contributed by atoms with Crippen molar-refractivity contribution in [2.45, 2.75) is 12.2 Å². The minimum Gasteiger partial charge on any atom is -0.378 e. The Labute approximate surface area is 137 Å². The van der Waals surface area contributed by atoms with Gasteiger partial charge in [-0.2, -0.15) is 0 Å². The highest BCUT2D eigenvalue weighted by Crippen LogP contribution is 2.12. The van der Waals surface area contributed by atoms with Gasteiger partial charge < -0.3 is 4.90 Å². The van der Waals surface area contributed by atoms with Gasteiger partial charge in [0.15, 0.2) is 0 Å². The van der Waals surface area contributed by atoms with Crippen LogP contribution in [0.15, 0.2) is 48.5 Å². The Morgan fingerprint density at radius 1 is 0.957 bits per heavy atom. The third kappa shape index (κ3) is 5.65. The fourth-order valence-electron chi connectivity index (χ4n) is 2.16. The first-order valence-electron chi connectivity index (χ1n) is 7.34. The second-order valence-corrected chi connectivity index (χ2v) is 7.40. The quantitative estimate of drug-likeness (QED) is 0.845. The molecule has 1 N–H and O–H groups in total. The van der Waals surface area contributed by atoms with Crippen LogP contribution < -0.4 is 9.62 Å². The molecule has 124 valence electrons. The summed E-state index contributed by atoms with van der Waals surface area (Å²) < 4.78 is 39.4. The minimum atomic E-state index is -3.42. The van der Waals surface area contributed by atoms with Crippen molar-refractivity contribution in [2.24, 2.45) is 0 Å². The first-order valence-corrected chi connectivity index (χ1v) is 8.99. The lowest BCUT2D eigenvalue weighted by atomic mass is 10.1. The summed E-state index contributed by atoms with van der Waals surface area (Å²) in [5.41, 5.74) is 2.74.